The Labute approximate surface area is 114 Å². The molecule has 1 atom stereocenters. The van der Waals surface area contributed by atoms with Crippen LogP contribution in [0.4, 0.5) is 0 Å². The zero-order valence-corrected chi connectivity index (χ0v) is 11.6. The van der Waals surface area contributed by atoms with E-state index in [1.54, 1.807) is 0 Å². The van der Waals surface area contributed by atoms with Crippen LogP contribution in [0.25, 0.3) is 10.9 Å². The number of hydrogen-bond acceptors (Lipinski definition) is 3. The van der Waals surface area contributed by atoms with Gasteiger partial charge in [-0.3, -0.25) is 4.98 Å². The number of pyridine rings is 1. The van der Waals surface area contributed by atoms with Crippen LogP contribution in [-0.4, -0.2) is 22.7 Å². The molecule has 1 aromatic heterocycles. The molecule has 1 heterocycles. The van der Waals surface area contributed by atoms with Crippen molar-refractivity contribution in [1.82, 2.24) is 10.3 Å². The quantitative estimate of drug-likeness (QED) is 0.837. The van der Waals surface area contributed by atoms with Gasteiger partial charge in [0, 0.05) is 18.5 Å². The van der Waals surface area contributed by atoms with Gasteiger partial charge in [-0.1, -0.05) is 38.1 Å². The molecule has 0 saturated carbocycles. The Morgan fingerprint density at radius 2 is 1.95 bits per heavy atom. The Kier molecular flexibility index (Phi) is 4.88. The third-order valence-electron chi connectivity index (χ3n) is 3.09. The lowest BCUT2D eigenvalue weighted by Gasteiger charge is -2.13. The Morgan fingerprint density at radius 3 is 2.74 bits per heavy atom. The molecule has 0 spiro atoms. The normalized spacial score (nSPS) is 13.1. The minimum atomic E-state index is -0.277. The summed E-state index contributed by atoms with van der Waals surface area (Å²) in [6.07, 6.45) is 0.554. The fraction of sp³-hybridized carbons (Fsp3) is 0.438. The van der Waals surface area contributed by atoms with Crippen molar-refractivity contribution < 1.29 is 5.11 Å². The number of hydrogen-bond donors (Lipinski definition) is 2. The first kappa shape index (κ1) is 14.0. The number of fused-ring (bicyclic) bond motifs is 1. The minimum absolute atomic E-state index is 0.277. The number of nitrogens with zero attached hydrogens (tertiary/aromatic N) is 1. The van der Waals surface area contributed by atoms with E-state index in [9.17, 15) is 5.11 Å². The molecule has 1 unspecified atom stereocenters. The molecule has 3 nitrogen and oxygen atoms in total. The van der Waals surface area contributed by atoms with Crippen LogP contribution in [0.2, 0.25) is 0 Å². The van der Waals surface area contributed by atoms with Gasteiger partial charge in [0.05, 0.1) is 17.3 Å². The maximum absolute atomic E-state index is 9.79. The van der Waals surface area contributed by atoms with E-state index in [0.29, 0.717) is 19.0 Å². The van der Waals surface area contributed by atoms with E-state index in [2.05, 4.69) is 36.3 Å². The van der Waals surface area contributed by atoms with Gasteiger partial charge in [-0.25, -0.2) is 0 Å². The van der Waals surface area contributed by atoms with Gasteiger partial charge in [0.1, 0.15) is 0 Å². The van der Waals surface area contributed by atoms with E-state index in [-0.39, 0.29) is 6.10 Å². The Hall–Kier alpha value is -1.45. The summed E-state index contributed by atoms with van der Waals surface area (Å²) in [5.41, 5.74) is 2.03. The Bertz CT molecular complexity index is 525. The molecule has 2 rings (SSSR count). The fourth-order valence-electron chi connectivity index (χ4n) is 2.20. The molecule has 0 aliphatic heterocycles. The van der Waals surface area contributed by atoms with Crippen molar-refractivity contribution in [2.24, 2.45) is 5.92 Å². The number of benzene rings is 1. The lowest BCUT2D eigenvalue weighted by atomic mass is 10.1. The van der Waals surface area contributed by atoms with Crippen molar-refractivity contribution in [3.8, 4) is 0 Å². The van der Waals surface area contributed by atoms with Crippen LogP contribution in [0.1, 0.15) is 26.0 Å². The summed E-state index contributed by atoms with van der Waals surface area (Å²) in [6, 6.07) is 12.2. The summed E-state index contributed by atoms with van der Waals surface area (Å²) in [6.45, 7) is 5.55. The van der Waals surface area contributed by atoms with Crippen LogP contribution in [0.3, 0.4) is 0 Å². The second-order valence-electron chi connectivity index (χ2n) is 5.41. The standard InChI is InChI=1S/C16H22N2O/c1-12(2)9-15(19)11-17-10-14-8-7-13-5-3-4-6-16(13)18-14/h3-8,12,15,17,19H,9-11H2,1-2H3. The van der Waals surface area contributed by atoms with Crippen molar-refractivity contribution in [3.05, 3.63) is 42.1 Å². The van der Waals surface area contributed by atoms with E-state index in [1.165, 1.54) is 0 Å². The molecule has 0 bridgehead atoms. The van der Waals surface area contributed by atoms with Gasteiger partial charge < -0.3 is 10.4 Å². The minimum Gasteiger partial charge on any atom is -0.392 e. The van der Waals surface area contributed by atoms with Crippen molar-refractivity contribution in [3.63, 3.8) is 0 Å². The second-order valence-corrected chi connectivity index (χ2v) is 5.41. The average Bonchev–Trinajstić information content (AvgIpc) is 2.37. The summed E-state index contributed by atoms with van der Waals surface area (Å²) in [4.78, 5) is 4.59. The first-order valence-corrected chi connectivity index (χ1v) is 6.88. The number of rotatable bonds is 6. The van der Waals surface area contributed by atoms with Crippen molar-refractivity contribution in [1.29, 1.82) is 0 Å². The molecule has 2 aromatic rings. The van der Waals surface area contributed by atoms with E-state index < -0.39 is 0 Å². The van der Waals surface area contributed by atoms with Crippen molar-refractivity contribution in [2.45, 2.75) is 32.9 Å². The van der Waals surface area contributed by atoms with Crippen molar-refractivity contribution in [2.75, 3.05) is 6.54 Å². The summed E-state index contributed by atoms with van der Waals surface area (Å²) in [5, 5.41) is 14.2. The molecular formula is C16H22N2O. The highest BCUT2D eigenvalue weighted by atomic mass is 16.3. The van der Waals surface area contributed by atoms with Gasteiger partial charge in [-0.05, 0) is 24.5 Å². The van der Waals surface area contributed by atoms with Crippen LogP contribution in [0, 0.1) is 5.92 Å². The summed E-state index contributed by atoms with van der Waals surface area (Å²) in [7, 11) is 0. The van der Waals surface area contributed by atoms with Gasteiger partial charge in [0.2, 0.25) is 0 Å². The molecule has 102 valence electrons. The summed E-state index contributed by atoms with van der Waals surface area (Å²) >= 11 is 0. The van der Waals surface area contributed by atoms with Crippen LogP contribution in [0.15, 0.2) is 36.4 Å². The topological polar surface area (TPSA) is 45.1 Å². The molecule has 0 aliphatic rings. The molecule has 1 aromatic carbocycles. The zero-order valence-electron chi connectivity index (χ0n) is 11.6. The smallest absolute Gasteiger partial charge is 0.0705 e. The van der Waals surface area contributed by atoms with Crippen LogP contribution >= 0.6 is 0 Å². The summed E-state index contributed by atoms with van der Waals surface area (Å²) < 4.78 is 0. The zero-order chi connectivity index (χ0) is 13.7. The van der Waals surface area contributed by atoms with E-state index in [0.717, 1.165) is 23.0 Å². The highest BCUT2D eigenvalue weighted by Gasteiger charge is 2.06. The van der Waals surface area contributed by atoms with E-state index in [1.807, 2.05) is 24.3 Å². The van der Waals surface area contributed by atoms with Gasteiger partial charge in [0.25, 0.3) is 0 Å². The lowest BCUT2D eigenvalue weighted by molar-refractivity contribution is 0.146. The van der Waals surface area contributed by atoms with E-state index in [4.69, 9.17) is 0 Å². The van der Waals surface area contributed by atoms with Gasteiger partial charge >= 0.3 is 0 Å². The number of aliphatic hydroxyl groups excluding tert-OH is 1. The second kappa shape index (κ2) is 6.64. The molecule has 0 amide bonds. The molecule has 0 aliphatic carbocycles. The number of nitrogens with one attached hydrogen (secondary N) is 1. The molecule has 0 saturated heterocycles. The van der Waals surface area contributed by atoms with Crippen LogP contribution < -0.4 is 5.32 Å². The predicted octanol–water partition coefficient (Wildman–Crippen LogP) is 2.73. The van der Waals surface area contributed by atoms with Crippen molar-refractivity contribution >= 4 is 10.9 Å². The third kappa shape index (κ3) is 4.30. The third-order valence-corrected chi connectivity index (χ3v) is 3.09. The first-order chi connectivity index (χ1) is 9.15. The molecule has 3 heteroatoms. The Balaban J connectivity index is 1.88. The van der Waals surface area contributed by atoms with Gasteiger partial charge in [0.15, 0.2) is 0 Å². The molecular weight excluding hydrogens is 236 g/mol. The number of aromatic nitrogens is 1. The predicted molar refractivity (Wildman–Crippen MR) is 78.9 cm³/mol. The highest BCUT2D eigenvalue weighted by Crippen LogP contribution is 2.11. The number of para-hydroxylation sites is 1. The maximum Gasteiger partial charge on any atom is 0.0705 e. The monoisotopic (exact) mass is 258 g/mol. The van der Waals surface area contributed by atoms with Gasteiger partial charge in [-0.2, -0.15) is 0 Å². The van der Waals surface area contributed by atoms with Crippen LogP contribution in [0.5, 0.6) is 0 Å². The molecule has 0 fully saturated rings. The molecule has 19 heavy (non-hydrogen) atoms. The Morgan fingerprint density at radius 1 is 1.16 bits per heavy atom. The molecule has 2 N–H and O–H groups in total. The SMILES string of the molecule is CC(C)CC(O)CNCc1ccc2ccccc2n1. The fourth-order valence-corrected chi connectivity index (χ4v) is 2.20. The largest absolute Gasteiger partial charge is 0.392 e. The average molecular weight is 258 g/mol. The first-order valence-electron chi connectivity index (χ1n) is 6.88. The molecule has 0 radical (unpaired) electrons. The highest BCUT2D eigenvalue weighted by molar-refractivity contribution is 5.78. The van der Waals surface area contributed by atoms with Crippen LogP contribution in [-0.2, 0) is 6.54 Å². The lowest BCUT2D eigenvalue weighted by Crippen LogP contribution is -2.27. The van der Waals surface area contributed by atoms with Gasteiger partial charge in [-0.15, -0.1) is 0 Å². The van der Waals surface area contributed by atoms with E-state index >= 15 is 0 Å². The summed E-state index contributed by atoms with van der Waals surface area (Å²) in [5.74, 6) is 0.524. The maximum atomic E-state index is 9.79. The number of aliphatic hydroxyl groups is 1.